The zero-order valence-electron chi connectivity index (χ0n) is 11.7. The Morgan fingerprint density at radius 3 is 2.63 bits per heavy atom. The first kappa shape index (κ1) is 13.5. The van der Waals surface area contributed by atoms with Crippen molar-refractivity contribution in [3.63, 3.8) is 0 Å². The molecule has 0 saturated carbocycles. The van der Waals surface area contributed by atoms with Gasteiger partial charge in [0.05, 0.1) is 5.54 Å². The fraction of sp³-hybridized carbons (Fsp3) is 0.429. The molecule has 0 atom stereocenters. The predicted molar refractivity (Wildman–Crippen MR) is 71.8 cm³/mol. The maximum absolute atomic E-state index is 5.89. The standard InChI is InChI=1S/C14H19N3O2/c1-9-5-6-11(10(2)7-9)18-8-12-16-13(17-19-12)14(3,4)15/h5-7H,8,15H2,1-4H3. The fourth-order valence-electron chi connectivity index (χ4n) is 1.68. The van der Waals surface area contributed by atoms with Gasteiger partial charge in [0.2, 0.25) is 0 Å². The fourth-order valence-corrected chi connectivity index (χ4v) is 1.68. The Balaban J connectivity index is 2.04. The van der Waals surface area contributed by atoms with Crippen molar-refractivity contribution in [2.45, 2.75) is 39.8 Å². The highest BCUT2D eigenvalue weighted by atomic mass is 16.5. The highest BCUT2D eigenvalue weighted by Gasteiger charge is 2.21. The molecule has 19 heavy (non-hydrogen) atoms. The van der Waals surface area contributed by atoms with Crippen LogP contribution in [0, 0.1) is 13.8 Å². The van der Waals surface area contributed by atoms with E-state index in [9.17, 15) is 0 Å². The molecule has 102 valence electrons. The summed E-state index contributed by atoms with van der Waals surface area (Å²) in [5.74, 6) is 1.72. The van der Waals surface area contributed by atoms with Crippen LogP contribution < -0.4 is 10.5 Å². The van der Waals surface area contributed by atoms with Crippen LogP contribution in [0.15, 0.2) is 22.7 Å². The van der Waals surface area contributed by atoms with Crippen molar-refractivity contribution in [3.8, 4) is 5.75 Å². The number of rotatable bonds is 4. The summed E-state index contributed by atoms with van der Waals surface area (Å²) in [5.41, 5.74) is 7.57. The molecule has 0 amide bonds. The highest BCUT2D eigenvalue weighted by molar-refractivity contribution is 5.35. The molecule has 5 heteroatoms. The van der Waals surface area contributed by atoms with Gasteiger partial charge >= 0.3 is 0 Å². The van der Waals surface area contributed by atoms with E-state index in [1.807, 2.05) is 39.8 Å². The summed E-state index contributed by atoms with van der Waals surface area (Å²) < 4.78 is 10.8. The molecule has 0 bridgehead atoms. The molecule has 1 heterocycles. The molecule has 0 aliphatic heterocycles. The summed E-state index contributed by atoms with van der Waals surface area (Å²) in [6.07, 6.45) is 0. The molecule has 0 spiro atoms. The lowest BCUT2D eigenvalue weighted by atomic mass is 10.1. The van der Waals surface area contributed by atoms with Crippen molar-refractivity contribution in [2.75, 3.05) is 0 Å². The Kier molecular flexibility index (Phi) is 3.57. The number of hydrogen-bond acceptors (Lipinski definition) is 5. The van der Waals surface area contributed by atoms with Gasteiger partial charge in [0.25, 0.3) is 5.89 Å². The SMILES string of the molecule is Cc1ccc(OCc2nc(C(C)(C)N)no2)c(C)c1. The van der Waals surface area contributed by atoms with Crippen molar-refractivity contribution in [3.05, 3.63) is 41.0 Å². The minimum absolute atomic E-state index is 0.243. The van der Waals surface area contributed by atoms with Gasteiger partial charge in [-0.25, -0.2) is 0 Å². The summed E-state index contributed by atoms with van der Waals surface area (Å²) in [4.78, 5) is 4.22. The number of aryl methyl sites for hydroxylation is 2. The summed E-state index contributed by atoms with van der Waals surface area (Å²) in [7, 11) is 0. The quantitative estimate of drug-likeness (QED) is 0.915. The van der Waals surface area contributed by atoms with Crippen LogP contribution in [0.2, 0.25) is 0 Å². The number of hydrogen-bond donors (Lipinski definition) is 1. The van der Waals surface area contributed by atoms with Gasteiger partial charge in [-0.15, -0.1) is 0 Å². The van der Waals surface area contributed by atoms with Gasteiger partial charge in [-0.3, -0.25) is 0 Å². The molecule has 0 aliphatic rings. The van der Waals surface area contributed by atoms with Crippen LogP contribution in [0.3, 0.4) is 0 Å². The molecular weight excluding hydrogens is 242 g/mol. The van der Waals surface area contributed by atoms with Gasteiger partial charge < -0.3 is 15.0 Å². The first-order chi connectivity index (χ1) is 8.86. The van der Waals surface area contributed by atoms with Crippen LogP contribution in [0.4, 0.5) is 0 Å². The van der Waals surface area contributed by atoms with Crippen molar-refractivity contribution in [1.29, 1.82) is 0 Å². The van der Waals surface area contributed by atoms with E-state index < -0.39 is 5.54 Å². The van der Waals surface area contributed by atoms with E-state index in [0.29, 0.717) is 11.7 Å². The summed E-state index contributed by atoms with van der Waals surface area (Å²) >= 11 is 0. The number of ether oxygens (including phenoxy) is 1. The van der Waals surface area contributed by atoms with E-state index in [2.05, 4.69) is 16.2 Å². The first-order valence-electron chi connectivity index (χ1n) is 6.18. The van der Waals surface area contributed by atoms with Gasteiger partial charge in [-0.05, 0) is 39.3 Å². The molecule has 0 saturated heterocycles. The molecule has 0 aliphatic carbocycles. The molecule has 1 aromatic carbocycles. The van der Waals surface area contributed by atoms with Crippen LogP contribution in [0.25, 0.3) is 0 Å². The van der Waals surface area contributed by atoms with Crippen molar-refractivity contribution in [2.24, 2.45) is 5.73 Å². The van der Waals surface area contributed by atoms with Crippen LogP contribution >= 0.6 is 0 Å². The average Bonchev–Trinajstić information content (AvgIpc) is 2.76. The molecule has 1 aromatic heterocycles. The monoisotopic (exact) mass is 261 g/mol. The van der Waals surface area contributed by atoms with Gasteiger partial charge in [0.15, 0.2) is 12.4 Å². The summed E-state index contributed by atoms with van der Waals surface area (Å²) in [5, 5.41) is 3.85. The smallest absolute Gasteiger partial charge is 0.264 e. The van der Waals surface area contributed by atoms with E-state index in [0.717, 1.165) is 11.3 Å². The third-order valence-corrected chi connectivity index (χ3v) is 2.73. The lowest BCUT2D eigenvalue weighted by Gasteiger charge is -2.11. The van der Waals surface area contributed by atoms with Crippen LogP contribution in [-0.2, 0) is 12.1 Å². The third-order valence-electron chi connectivity index (χ3n) is 2.73. The predicted octanol–water partition coefficient (Wildman–Crippen LogP) is 2.46. The second-order valence-electron chi connectivity index (χ2n) is 5.29. The molecule has 0 unspecified atom stereocenters. The van der Waals surface area contributed by atoms with E-state index >= 15 is 0 Å². The Hall–Kier alpha value is -1.88. The Morgan fingerprint density at radius 2 is 2.05 bits per heavy atom. The van der Waals surface area contributed by atoms with Crippen molar-refractivity contribution >= 4 is 0 Å². The normalized spacial score (nSPS) is 11.6. The number of nitrogens with zero attached hydrogens (tertiary/aromatic N) is 2. The van der Waals surface area contributed by atoms with E-state index in [-0.39, 0.29) is 6.61 Å². The van der Waals surface area contributed by atoms with Gasteiger partial charge in [-0.2, -0.15) is 4.98 Å². The maximum atomic E-state index is 5.89. The van der Waals surface area contributed by atoms with Gasteiger partial charge in [0, 0.05) is 0 Å². The molecule has 2 aromatic rings. The van der Waals surface area contributed by atoms with Crippen LogP contribution in [0.1, 0.15) is 36.7 Å². The largest absolute Gasteiger partial charge is 0.483 e. The van der Waals surface area contributed by atoms with Crippen LogP contribution in [-0.4, -0.2) is 10.1 Å². The number of aromatic nitrogens is 2. The van der Waals surface area contributed by atoms with E-state index in [1.165, 1.54) is 5.56 Å². The molecule has 2 N–H and O–H groups in total. The van der Waals surface area contributed by atoms with Crippen LogP contribution in [0.5, 0.6) is 5.75 Å². The second-order valence-corrected chi connectivity index (χ2v) is 5.29. The zero-order chi connectivity index (χ0) is 14.0. The molecule has 5 nitrogen and oxygen atoms in total. The van der Waals surface area contributed by atoms with Crippen molar-refractivity contribution in [1.82, 2.24) is 10.1 Å². The first-order valence-corrected chi connectivity index (χ1v) is 6.18. The summed E-state index contributed by atoms with van der Waals surface area (Å²) in [6, 6.07) is 6.01. The molecular formula is C14H19N3O2. The minimum Gasteiger partial charge on any atom is -0.483 e. The third kappa shape index (κ3) is 3.32. The van der Waals surface area contributed by atoms with Crippen molar-refractivity contribution < 1.29 is 9.26 Å². The molecule has 0 radical (unpaired) electrons. The lowest BCUT2D eigenvalue weighted by molar-refractivity contribution is 0.240. The maximum Gasteiger partial charge on any atom is 0.264 e. The summed E-state index contributed by atoms with van der Waals surface area (Å²) in [6.45, 7) is 7.95. The topological polar surface area (TPSA) is 74.2 Å². The zero-order valence-corrected chi connectivity index (χ0v) is 11.7. The Bertz CT molecular complexity index is 570. The minimum atomic E-state index is -0.610. The highest BCUT2D eigenvalue weighted by Crippen LogP contribution is 2.20. The molecule has 2 rings (SSSR count). The molecule has 0 fully saturated rings. The van der Waals surface area contributed by atoms with E-state index in [1.54, 1.807) is 0 Å². The van der Waals surface area contributed by atoms with E-state index in [4.69, 9.17) is 15.0 Å². The average molecular weight is 261 g/mol. The Morgan fingerprint density at radius 1 is 1.32 bits per heavy atom. The van der Waals surface area contributed by atoms with Gasteiger partial charge in [-0.1, -0.05) is 22.9 Å². The lowest BCUT2D eigenvalue weighted by Crippen LogP contribution is -2.30. The Labute approximate surface area is 112 Å². The number of nitrogens with two attached hydrogens (primary N) is 1. The number of benzene rings is 1. The second kappa shape index (κ2) is 5.01. The van der Waals surface area contributed by atoms with Gasteiger partial charge in [0.1, 0.15) is 5.75 Å².